The molecule has 1 aromatic carbocycles. The molecule has 18 heavy (non-hydrogen) atoms. The summed E-state index contributed by atoms with van der Waals surface area (Å²) in [5.74, 6) is 0.670. The lowest BCUT2D eigenvalue weighted by atomic mass is 10.1. The van der Waals surface area contributed by atoms with Gasteiger partial charge in [0.15, 0.2) is 0 Å². The molecule has 1 unspecified atom stereocenters. The third-order valence-electron chi connectivity index (χ3n) is 2.39. The van der Waals surface area contributed by atoms with Gasteiger partial charge in [-0.3, -0.25) is 4.79 Å². The van der Waals surface area contributed by atoms with Gasteiger partial charge < -0.3 is 10.1 Å². The molecule has 0 bridgehead atoms. The Hall–Kier alpha value is -1.03. The Kier molecular flexibility index (Phi) is 6.19. The zero-order chi connectivity index (χ0) is 13.5. The molecule has 0 heterocycles. The summed E-state index contributed by atoms with van der Waals surface area (Å²) in [5.41, 5.74) is 0.634. The van der Waals surface area contributed by atoms with E-state index < -0.39 is 0 Å². The van der Waals surface area contributed by atoms with Crippen LogP contribution in [0.15, 0.2) is 24.3 Å². The number of carbonyl (C=O) groups excluding carboxylic acids is 1. The number of hydrogen-bond acceptors (Lipinski definition) is 2. The molecule has 0 aliphatic carbocycles. The average Bonchev–Trinajstić information content (AvgIpc) is 2.28. The Morgan fingerprint density at radius 2 is 2.11 bits per heavy atom. The van der Waals surface area contributed by atoms with Crippen LogP contribution in [0, 0.1) is 0 Å². The van der Waals surface area contributed by atoms with Crippen molar-refractivity contribution < 1.29 is 9.53 Å². The maximum Gasteiger partial charge on any atom is 0.251 e. The molecule has 0 fully saturated rings. The van der Waals surface area contributed by atoms with E-state index in [0.717, 1.165) is 17.5 Å². The molecule has 0 saturated heterocycles. The fourth-order valence-electron chi connectivity index (χ4n) is 1.53. The molecule has 1 rings (SSSR count). The van der Waals surface area contributed by atoms with E-state index >= 15 is 0 Å². The first-order chi connectivity index (χ1) is 8.52. The van der Waals surface area contributed by atoms with Crippen LogP contribution in [0.25, 0.3) is 0 Å². The summed E-state index contributed by atoms with van der Waals surface area (Å²) < 4.78 is 5.57. The molecule has 0 saturated carbocycles. The minimum Gasteiger partial charge on any atom is -0.491 e. The van der Waals surface area contributed by atoms with Gasteiger partial charge in [0.05, 0.1) is 6.10 Å². The first kappa shape index (κ1) is 15.0. The summed E-state index contributed by atoms with van der Waals surface area (Å²) in [6.45, 7) is 5.92. The van der Waals surface area contributed by atoms with Crippen LogP contribution in [0.3, 0.4) is 0 Å². The minimum absolute atomic E-state index is 0.0577. The Bertz CT molecular complexity index is 393. The Morgan fingerprint density at radius 3 is 2.72 bits per heavy atom. The predicted octanol–water partition coefficient (Wildman–Crippen LogP) is 3.38. The van der Waals surface area contributed by atoms with Crippen LogP contribution in [0.5, 0.6) is 5.75 Å². The number of alkyl halides is 1. The van der Waals surface area contributed by atoms with Crippen molar-refractivity contribution in [3.8, 4) is 5.75 Å². The van der Waals surface area contributed by atoms with Crippen molar-refractivity contribution in [2.24, 2.45) is 0 Å². The van der Waals surface area contributed by atoms with Crippen LogP contribution < -0.4 is 10.1 Å². The monoisotopic (exact) mass is 313 g/mol. The number of rotatable bonds is 6. The standard InChI is InChI=1S/C14H20BrNO2/c1-10(2)18-13-6-4-5-12(9-13)14(17)16-11(3)7-8-15/h4-6,9-11H,7-8H2,1-3H3,(H,16,17). The zero-order valence-electron chi connectivity index (χ0n) is 11.1. The molecule has 1 amide bonds. The second-order valence-electron chi connectivity index (χ2n) is 4.55. The number of hydrogen-bond donors (Lipinski definition) is 1. The molecule has 0 radical (unpaired) electrons. The third-order valence-corrected chi connectivity index (χ3v) is 2.85. The Balaban J connectivity index is 2.68. The van der Waals surface area contributed by atoms with Crippen LogP contribution in [-0.4, -0.2) is 23.4 Å². The molecule has 1 aromatic rings. The Morgan fingerprint density at radius 1 is 1.39 bits per heavy atom. The molecule has 0 aliphatic heterocycles. The SMILES string of the molecule is CC(CCBr)NC(=O)c1cccc(OC(C)C)c1. The predicted molar refractivity (Wildman–Crippen MR) is 77.5 cm³/mol. The van der Waals surface area contributed by atoms with E-state index in [1.165, 1.54) is 0 Å². The number of carbonyl (C=O) groups is 1. The number of nitrogens with one attached hydrogen (secondary N) is 1. The first-order valence-electron chi connectivity index (χ1n) is 6.16. The maximum absolute atomic E-state index is 12.0. The van der Waals surface area contributed by atoms with E-state index in [1.54, 1.807) is 12.1 Å². The number of benzene rings is 1. The van der Waals surface area contributed by atoms with Gasteiger partial charge in [0, 0.05) is 16.9 Å². The summed E-state index contributed by atoms with van der Waals surface area (Å²) in [5, 5.41) is 3.83. The quantitative estimate of drug-likeness (QED) is 0.818. The minimum atomic E-state index is -0.0577. The van der Waals surface area contributed by atoms with Gasteiger partial charge in [0.25, 0.3) is 5.91 Å². The lowest BCUT2D eigenvalue weighted by molar-refractivity contribution is 0.0939. The Labute approximate surface area is 117 Å². The summed E-state index contributed by atoms with van der Waals surface area (Å²) in [6, 6.07) is 7.42. The van der Waals surface area contributed by atoms with Crippen LogP contribution >= 0.6 is 15.9 Å². The van der Waals surface area contributed by atoms with Crippen LogP contribution in [-0.2, 0) is 0 Å². The van der Waals surface area contributed by atoms with Gasteiger partial charge in [-0.05, 0) is 45.4 Å². The van der Waals surface area contributed by atoms with Crippen molar-refractivity contribution in [2.75, 3.05) is 5.33 Å². The van der Waals surface area contributed by atoms with Crippen molar-refractivity contribution >= 4 is 21.8 Å². The van der Waals surface area contributed by atoms with Crippen LogP contribution in [0.4, 0.5) is 0 Å². The number of ether oxygens (including phenoxy) is 1. The third kappa shape index (κ3) is 5.08. The second-order valence-corrected chi connectivity index (χ2v) is 5.34. The van der Waals surface area contributed by atoms with E-state index in [9.17, 15) is 4.79 Å². The van der Waals surface area contributed by atoms with Gasteiger partial charge in [-0.2, -0.15) is 0 Å². The molecular weight excluding hydrogens is 294 g/mol. The molecule has 0 aliphatic rings. The van der Waals surface area contributed by atoms with Crippen molar-refractivity contribution in [3.63, 3.8) is 0 Å². The van der Waals surface area contributed by atoms with E-state index in [4.69, 9.17) is 4.74 Å². The topological polar surface area (TPSA) is 38.3 Å². The fourth-order valence-corrected chi connectivity index (χ4v) is 2.21. The first-order valence-corrected chi connectivity index (χ1v) is 7.28. The van der Waals surface area contributed by atoms with Gasteiger partial charge in [-0.1, -0.05) is 22.0 Å². The van der Waals surface area contributed by atoms with Crippen LogP contribution in [0.1, 0.15) is 37.6 Å². The van der Waals surface area contributed by atoms with E-state index in [0.29, 0.717) is 5.56 Å². The van der Waals surface area contributed by atoms with Crippen molar-refractivity contribution in [3.05, 3.63) is 29.8 Å². The molecule has 0 spiro atoms. The lowest BCUT2D eigenvalue weighted by Crippen LogP contribution is -2.32. The lowest BCUT2D eigenvalue weighted by Gasteiger charge is -2.14. The normalized spacial score (nSPS) is 12.3. The summed E-state index contributed by atoms with van der Waals surface area (Å²) in [7, 11) is 0. The highest BCUT2D eigenvalue weighted by Crippen LogP contribution is 2.15. The van der Waals surface area contributed by atoms with Gasteiger partial charge in [0.2, 0.25) is 0 Å². The van der Waals surface area contributed by atoms with Gasteiger partial charge in [-0.25, -0.2) is 0 Å². The van der Waals surface area contributed by atoms with Gasteiger partial charge >= 0.3 is 0 Å². The zero-order valence-corrected chi connectivity index (χ0v) is 12.7. The highest BCUT2D eigenvalue weighted by atomic mass is 79.9. The average molecular weight is 314 g/mol. The molecule has 4 heteroatoms. The van der Waals surface area contributed by atoms with E-state index in [-0.39, 0.29) is 18.1 Å². The van der Waals surface area contributed by atoms with Crippen molar-refractivity contribution in [2.45, 2.75) is 39.3 Å². The number of halogens is 1. The van der Waals surface area contributed by atoms with Crippen molar-refractivity contribution in [1.82, 2.24) is 5.32 Å². The smallest absolute Gasteiger partial charge is 0.251 e. The van der Waals surface area contributed by atoms with E-state index in [2.05, 4.69) is 21.2 Å². The second kappa shape index (κ2) is 7.41. The van der Waals surface area contributed by atoms with Gasteiger partial charge in [-0.15, -0.1) is 0 Å². The molecule has 100 valence electrons. The molecule has 0 aromatic heterocycles. The van der Waals surface area contributed by atoms with Crippen molar-refractivity contribution in [1.29, 1.82) is 0 Å². The number of amides is 1. The van der Waals surface area contributed by atoms with Gasteiger partial charge in [0.1, 0.15) is 5.75 Å². The van der Waals surface area contributed by atoms with E-state index in [1.807, 2.05) is 32.9 Å². The molecule has 1 atom stereocenters. The summed E-state index contributed by atoms with van der Waals surface area (Å²) in [4.78, 5) is 12.0. The highest BCUT2D eigenvalue weighted by molar-refractivity contribution is 9.09. The summed E-state index contributed by atoms with van der Waals surface area (Å²) >= 11 is 3.36. The highest BCUT2D eigenvalue weighted by Gasteiger charge is 2.10. The van der Waals surface area contributed by atoms with Crippen LogP contribution in [0.2, 0.25) is 0 Å². The molecule has 3 nitrogen and oxygen atoms in total. The maximum atomic E-state index is 12.0. The fraction of sp³-hybridized carbons (Fsp3) is 0.500. The molecule has 1 N–H and O–H groups in total. The summed E-state index contributed by atoms with van der Waals surface area (Å²) in [6.07, 6.45) is 1.02. The largest absolute Gasteiger partial charge is 0.491 e. The molecular formula is C14H20BrNO2.